The normalized spacial score (nSPS) is 14.1. The van der Waals surface area contributed by atoms with Gasteiger partial charge >= 0.3 is 25.7 Å². The molecule has 0 radical (unpaired) electrons. The van der Waals surface area contributed by atoms with Crippen LogP contribution in [0.2, 0.25) is 0 Å². The Morgan fingerprint density at radius 2 is 0.634 bits per heavy atom. The number of ether oxygens (including phenoxy) is 3. The number of allylic oxidation sites excluding steroid dienone is 20. The number of hydrogen-bond donors (Lipinski definition) is 2. The standard InChI is InChI=1S/C70H117O11P/c1-4-7-10-13-16-19-22-25-28-31-33-36-38-41-44-47-50-53-56-59-68(72)77-63-67(81-70(74)61-58-55-52-49-46-43-40-37-34-32-29-26-23-20-17-14-11-8-5-2)65-79-82(75,76)78-64-66(62-71)80-69(73)60-57-54-51-48-45-42-39-35-30-27-24-21-18-15-12-9-6-3/h7,9-10,12,16-21,25-30,33-34,36-37,66-67,71H,4-6,8,11,13-15,22-24,31-32,35,38-65H2,1-3H3,(H,75,76)/b10-7-,12-9-,19-16-,20-17-,21-18-,28-25-,29-26-,30-27-,36-33-,37-34-. The zero-order chi connectivity index (χ0) is 59.8. The van der Waals surface area contributed by atoms with E-state index in [1.807, 2.05) is 0 Å². The molecule has 468 valence electrons. The lowest BCUT2D eigenvalue weighted by molar-refractivity contribution is -0.161. The van der Waals surface area contributed by atoms with Gasteiger partial charge in [-0.05, 0) is 128 Å². The Hall–Kier alpha value is -4.12. The van der Waals surface area contributed by atoms with Gasteiger partial charge in [-0.15, -0.1) is 0 Å². The predicted molar refractivity (Wildman–Crippen MR) is 343 cm³/mol. The number of aliphatic hydroxyl groups excluding tert-OH is 1. The molecule has 12 heteroatoms. The average Bonchev–Trinajstić information content (AvgIpc) is 3.47. The SMILES string of the molecule is CC/C=C\C/C=C\C/C=C\C/C=C\CCCCCCCCC(=O)OCC(COP(=O)(O)OCC(CO)OC(=O)CCCCCCCCC/C=C\C/C=C\C/C=C\CC)OC(=O)CCCCCCCC/C=C\C/C=C\C/C=C\CCCCC. The number of phosphoric acid groups is 1. The van der Waals surface area contributed by atoms with Gasteiger partial charge in [0.05, 0.1) is 19.8 Å². The summed E-state index contributed by atoms with van der Waals surface area (Å²) in [5, 5.41) is 9.86. The molecule has 0 aromatic rings. The second-order valence-corrected chi connectivity index (χ2v) is 22.6. The van der Waals surface area contributed by atoms with E-state index >= 15 is 0 Å². The molecule has 0 aliphatic heterocycles. The molecule has 0 aromatic carbocycles. The van der Waals surface area contributed by atoms with Crippen LogP contribution in [0.15, 0.2) is 122 Å². The number of carbonyl (C=O) groups excluding carboxylic acids is 3. The lowest BCUT2D eigenvalue weighted by atomic mass is 10.1. The summed E-state index contributed by atoms with van der Waals surface area (Å²) in [4.78, 5) is 48.8. The third-order valence-corrected chi connectivity index (χ3v) is 14.3. The first-order valence-corrected chi connectivity index (χ1v) is 33.9. The third kappa shape index (κ3) is 60.5. The molecule has 2 N–H and O–H groups in total. The molecule has 0 aliphatic carbocycles. The quantitative estimate of drug-likeness (QED) is 0.0197. The third-order valence-electron chi connectivity index (χ3n) is 13.3. The largest absolute Gasteiger partial charge is 0.472 e. The molecule has 0 rings (SSSR count). The van der Waals surface area contributed by atoms with Crippen LogP contribution in [-0.2, 0) is 42.2 Å². The Kier molecular flexibility index (Phi) is 59.8. The van der Waals surface area contributed by atoms with E-state index in [0.29, 0.717) is 19.3 Å². The van der Waals surface area contributed by atoms with Crippen molar-refractivity contribution in [2.24, 2.45) is 0 Å². The van der Waals surface area contributed by atoms with E-state index in [9.17, 15) is 28.9 Å². The summed E-state index contributed by atoms with van der Waals surface area (Å²) >= 11 is 0. The van der Waals surface area contributed by atoms with Gasteiger partial charge in [0.15, 0.2) is 6.10 Å². The Balaban J connectivity index is 4.77. The summed E-state index contributed by atoms with van der Waals surface area (Å²) < 4.78 is 39.7. The highest BCUT2D eigenvalue weighted by molar-refractivity contribution is 7.47. The number of rotatable bonds is 59. The minimum atomic E-state index is -4.77. The highest BCUT2D eigenvalue weighted by Gasteiger charge is 2.28. The maximum atomic E-state index is 13.0. The van der Waals surface area contributed by atoms with Crippen LogP contribution in [0.5, 0.6) is 0 Å². The van der Waals surface area contributed by atoms with E-state index in [2.05, 4.69) is 142 Å². The van der Waals surface area contributed by atoms with Crippen LogP contribution in [0.3, 0.4) is 0 Å². The molecule has 82 heavy (non-hydrogen) atoms. The lowest BCUT2D eigenvalue weighted by Gasteiger charge is -2.21. The van der Waals surface area contributed by atoms with E-state index < -0.39 is 57.8 Å². The Labute approximate surface area is 500 Å². The van der Waals surface area contributed by atoms with Crippen LogP contribution >= 0.6 is 7.82 Å². The fraction of sp³-hybridized carbons (Fsp3) is 0.671. The Morgan fingerprint density at radius 3 is 0.976 bits per heavy atom. The van der Waals surface area contributed by atoms with Gasteiger partial charge in [0.1, 0.15) is 12.7 Å². The summed E-state index contributed by atoms with van der Waals surface area (Å²) in [6.45, 7) is 4.37. The van der Waals surface area contributed by atoms with E-state index in [1.165, 1.54) is 38.5 Å². The van der Waals surface area contributed by atoms with Crippen molar-refractivity contribution in [1.82, 2.24) is 0 Å². The fourth-order valence-electron chi connectivity index (χ4n) is 8.49. The van der Waals surface area contributed by atoms with Crippen LogP contribution in [0.4, 0.5) is 0 Å². The van der Waals surface area contributed by atoms with Gasteiger partial charge in [0.25, 0.3) is 0 Å². The monoisotopic (exact) mass is 1160 g/mol. The van der Waals surface area contributed by atoms with Crippen LogP contribution in [-0.4, -0.2) is 66.5 Å². The molecule has 3 atom stereocenters. The van der Waals surface area contributed by atoms with Crippen molar-refractivity contribution in [2.75, 3.05) is 26.4 Å². The van der Waals surface area contributed by atoms with Gasteiger partial charge in [0.2, 0.25) is 0 Å². The summed E-state index contributed by atoms with van der Waals surface area (Å²) in [5.41, 5.74) is 0. The predicted octanol–water partition coefficient (Wildman–Crippen LogP) is 19.9. The van der Waals surface area contributed by atoms with E-state index in [0.717, 1.165) is 167 Å². The molecule has 0 aliphatic rings. The van der Waals surface area contributed by atoms with Gasteiger partial charge in [0, 0.05) is 19.3 Å². The molecule has 0 spiro atoms. The molecule has 0 amide bonds. The molecular weight excluding hydrogens is 1050 g/mol. The number of unbranched alkanes of at least 4 members (excludes halogenated alkanes) is 22. The maximum absolute atomic E-state index is 13.0. The van der Waals surface area contributed by atoms with Crippen molar-refractivity contribution < 1.29 is 52.2 Å². The van der Waals surface area contributed by atoms with Gasteiger partial charge in [-0.3, -0.25) is 23.4 Å². The molecule has 11 nitrogen and oxygen atoms in total. The summed E-state index contributed by atoms with van der Waals surface area (Å²) in [6.07, 6.45) is 78.5. The zero-order valence-corrected chi connectivity index (χ0v) is 52.8. The second kappa shape index (κ2) is 62.9. The molecule has 0 fully saturated rings. The molecule has 0 saturated carbocycles. The van der Waals surface area contributed by atoms with Crippen molar-refractivity contribution in [1.29, 1.82) is 0 Å². The summed E-state index contributed by atoms with van der Waals surface area (Å²) in [5.74, 6) is -1.51. The summed E-state index contributed by atoms with van der Waals surface area (Å²) in [6, 6.07) is 0. The first-order chi connectivity index (χ1) is 40.2. The van der Waals surface area contributed by atoms with Gasteiger partial charge in [-0.1, -0.05) is 239 Å². The van der Waals surface area contributed by atoms with Crippen molar-refractivity contribution in [3.63, 3.8) is 0 Å². The number of carbonyl (C=O) groups is 3. The van der Waals surface area contributed by atoms with E-state index in [-0.39, 0.29) is 25.9 Å². The molecular formula is C70H117O11P. The van der Waals surface area contributed by atoms with Crippen LogP contribution in [0.1, 0.15) is 265 Å². The lowest BCUT2D eigenvalue weighted by Crippen LogP contribution is -2.30. The smallest absolute Gasteiger partial charge is 0.462 e. The molecule has 0 aromatic heterocycles. The minimum Gasteiger partial charge on any atom is -0.462 e. The molecule has 0 heterocycles. The fourth-order valence-corrected chi connectivity index (χ4v) is 9.27. The first-order valence-electron chi connectivity index (χ1n) is 32.4. The average molecular weight is 1170 g/mol. The highest BCUT2D eigenvalue weighted by atomic mass is 31.2. The van der Waals surface area contributed by atoms with Crippen LogP contribution in [0.25, 0.3) is 0 Å². The van der Waals surface area contributed by atoms with Crippen molar-refractivity contribution in [3.05, 3.63) is 122 Å². The van der Waals surface area contributed by atoms with E-state index in [1.54, 1.807) is 0 Å². The molecule has 0 saturated heterocycles. The Morgan fingerprint density at radius 1 is 0.354 bits per heavy atom. The number of aliphatic hydroxyl groups is 1. The van der Waals surface area contributed by atoms with Crippen molar-refractivity contribution in [2.45, 2.75) is 277 Å². The number of hydrogen-bond acceptors (Lipinski definition) is 10. The number of phosphoric ester groups is 1. The minimum absolute atomic E-state index is 0.143. The van der Waals surface area contributed by atoms with E-state index in [4.69, 9.17) is 23.3 Å². The van der Waals surface area contributed by atoms with Gasteiger partial charge in [-0.2, -0.15) is 0 Å². The number of esters is 3. The Bertz CT molecular complexity index is 1840. The maximum Gasteiger partial charge on any atom is 0.472 e. The van der Waals surface area contributed by atoms with Crippen molar-refractivity contribution in [3.8, 4) is 0 Å². The second-order valence-electron chi connectivity index (χ2n) is 21.2. The van der Waals surface area contributed by atoms with Gasteiger partial charge < -0.3 is 24.2 Å². The van der Waals surface area contributed by atoms with Crippen molar-refractivity contribution >= 4 is 25.7 Å². The topological polar surface area (TPSA) is 155 Å². The highest BCUT2D eigenvalue weighted by Crippen LogP contribution is 2.43. The van der Waals surface area contributed by atoms with Gasteiger partial charge in [-0.25, -0.2) is 4.57 Å². The van der Waals surface area contributed by atoms with Crippen LogP contribution in [0, 0.1) is 0 Å². The first kappa shape index (κ1) is 77.9. The molecule has 3 unspecified atom stereocenters. The summed E-state index contributed by atoms with van der Waals surface area (Å²) in [7, 11) is -4.77. The zero-order valence-electron chi connectivity index (χ0n) is 51.9. The molecule has 0 bridgehead atoms. The van der Waals surface area contributed by atoms with Crippen LogP contribution < -0.4 is 0 Å².